The number of carbonyl (C=O) groups excluding carboxylic acids is 2. The lowest BCUT2D eigenvalue weighted by atomic mass is 10.1. The summed E-state index contributed by atoms with van der Waals surface area (Å²) in [6.07, 6.45) is 0.553. The van der Waals surface area contributed by atoms with Crippen molar-refractivity contribution in [1.82, 2.24) is 0 Å². The van der Waals surface area contributed by atoms with Crippen LogP contribution < -0.4 is 4.90 Å². The monoisotopic (exact) mass is 354 g/mol. The van der Waals surface area contributed by atoms with Gasteiger partial charge in [0.2, 0.25) is 6.04 Å². The van der Waals surface area contributed by atoms with Crippen LogP contribution in [0.15, 0.2) is 60.7 Å². The van der Waals surface area contributed by atoms with E-state index in [1.54, 1.807) is 6.92 Å². The van der Waals surface area contributed by atoms with Gasteiger partial charge in [-0.2, -0.15) is 0 Å². The molecule has 1 N–H and O–H groups in total. The molecule has 5 heteroatoms. The topological polar surface area (TPSA) is 57.0 Å². The SMILES string of the molecule is CCOC(=O)[C@H](Cc1ccccc1)[NH+]1C[C@@H]1C(=O)OCc1ccccc1. The fourth-order valence-corrected chi connectivity index (χ4v) is 3.08. The van der Waals surface area contributed by atoms with Crippen LogP contribution in [0.1, 0.15) is 18.1 Å². The summed E-state index contributed by atoms with van der Waals surface area (Å²) < 4.78 is 10.6. The summed E-state index contributed by atoms with van der Waals surface area (Å²) in [5, 5.41) is 0. The molecule has 1 aliphatic rings. The van der Waals surface area contributed by atoms with Crippen LogP contribution in [0.2, 0.25) is 0 Å². The molecular formula is C21H24NO4+. The minimum atomic E-state index is -0.383. The molecule has 1 saturated heterocycles. The van der Waals surface area contributed by atoms with E-state index in [1.165, 1.54) is 0 Å². The van der Waals surface area contributed by atoms with E-state index in [4.69, 9.17) is 9.47 Å². The Labute approximate surface area is 153 Å². The largest absolute Gasteiger partial charge is 0.462 e. The maximum atomic E-state index is 12.4. The Kier molecular flexibility index (Phi) is 6.02. The van der Waals surface area contributed by atoms with Crippen LogP contribution in [-0.4, -0.2) is 37.2 Å². The second kappa shape index (κ2) is 8.63. The Morgan fingerprint density at radius 3 is 2.23 bits per heavy atom. The molecule has 1 unspecified atom stereocenters. The van der Waals surface area contributed by atoms with Gasteiger partial charge in [-0.3, -0.25) is 0 Å². The van der Waals surface area contributed by atoms with E-state index < -0.39 is 0 Å². The highest BCUT2D eigenvalue weighted by Crippen LogP contribution is 2.08. The minimum Gasteiger partial charge on any atom is -0.462 e. The number of quaternary nitrogens is 1. The Morgan fingerprint density at radius 1 is 1.00 bits per heavy atom. The summed E-state index contributed by atoms with van der Waals surface area (Å²) in [7, 11) is 0. The third-order valence-corrected chi connectivity index (χ3v) is 4.54. The van der Waals surface area contributed by atoms with Gasteiger partial charge in [0.05, 0.1) is 6.61 Å². The average Bonchev–Trinajstić information content (AvgIpc) is 3.46. The molecule has 0 aliphatic carbocycles. The first-order valence-electron chi connectivity index (χ1n) is 8.95. The molecular weight excluding hydrogens is 330 g/mol. The molecule has 0 radical (unpaired) electrons. The van der Waals surface area contributed by atoms with E-state index in [0.29, 0.717) is 19.6 Å². The molecule has 0 amide bonds. The third-order valence-electron chi connectivity index (χ3n) is 4.54. The van der Waals surface area contributed by atoms with E-state index >= 15 is 0 Å². The summed E-state index contributed by atoms with van der Waals surface area (Å²) in [5.41, 5.74) is 2.01. The average molecular weight is 354 g/mol. The molecule has 0 saturated carbocycles. The normalized spacial score (nSPS) is 19.4. The number of benzene rings is 2. The van der Waals surface area contributed by atoms with Crippen molar-refractivity contribution in [2.75, 3.05) is 13.2 Å². The minimum absolute atomic E-state index is 0.256. The highest BCUT2D eigenvalue weighted by atomic mass is 16.5. The first kappa shape index (κ1) is 18.1. The zero-order valence-corrected chi connectivity index (χ0v) is 14.9. The predicted octanol–water partition coefficient (Wildman–Crippen LogP) is 1.17. The second-order valence-corrected chi connectivity index (χ2v) is 6.42. The number of hydrogen-bond acceptors (Lipinski definition) is 4. The zero-order valence-electron chi connectivity index (χ0n) is 14.9. The lowest BCUT2D eigenvalue weighted by Crippen LogP contribution is -3.02. The van der Waals surface area contributed by atoms with Gasteiger partial charge in [-0.1, -0.05) is 60.7 Å². The van der Waals surface area contributed by atoms with Gasteiger partial charge in [0, 0.05) is 6.42 Å². The summed E-state index contributed by atoms with van der Waals surface area (Å²) >= 11 is 0. The molecule has 0 aromatic heterocycles. The lowest BCUT2D eigenvalue weighted by Gasteiger charge is -2.14. The van der Waals surface area contributed by atoms with Crippen molar-refractivity contribution in [2.24, 2.45) is 0 Å². The highest BCUT2D eigenvalue weighted by Gasteiger charge is 2.55. The fraction of sp³-hybridized carbons (Fsp3) is 0.333. The van der Waals surface area contributed by atoms with Gasteiger partial charge in [0.1, 0.15) is 13.2 Å². The van der Waals surface area contributed by atoms with Gasteiger partial charge in [0.15, 0.2) is 6.04 Å². The molecule has 3 atom stereocenters. The molecule has 2 aromatic carbocycles. The fourth-order valence-electron chi connectivity index (χ4n) is 3.08. The van der Waals surface area contributed by atoms with Crippen LogP contribution >= 0.6 is 0 Å². The predicted molar refractivity (Wildman–Crippen MR) is 96.4 cm³/mol. The number of rotatable bonds is 8. The number of nitrogens with one attached hydrogen (secondary N) is 1. The van der Waals surface area contributed by atoms with Crippen LogP contribution in [0.3, 0.4) is 0 Å². The molecule has 5 nitrogen and oxygen atoms in total. The van der Waals surface area contributed by atoms with Crippen molar-refractivity contribution in [3.05, 3.63) is 71.8 Å². The molecule has 1 heterocycles. The summed E-state index contributed by atoms with van der Waals surface area (Å²) in [6.45, 7) is 2.98. The van der Waals surface area contributed by atoms with Gasteiger partial charge in [0.25, 0.3) is 0 Å². The van der Waals surface area contributed by atoms with Crippen LogP contribution in [0, 0.1) is 0 Å². The maximum absolute atomic E-state index is 12.4. The summed E-state index contributed by atoms with van der Waals surface area (Å²) in [4.78, 5) is 25.6. The van der Waals surface area contributed by atoms with E-state index in [-0.39, 0.29) is 30.6 Å². The van der Waals surface area contributed by atoms with Crippen LogP contribution in [0.4, 0.5) is 0 Å². The first-order valence-corrected chi connectivity index (χ1v) is 8.95. The highest BCUT2D eigenvalue weighted by molar-refractivity contribution is 5.79. The number of esters is 2. The van der Waals surface area contributed by atoms with E-state index in [2.05, 4.69) is 0 Å². The van der Waals surface area contributed by atoms with E-state index in [0.717, 1.165) is 16.0 Å². The van der Waals surface area contributed by atoms with Crippen LogP contribution in [-0.2, 0) is 32.1 Å². The van der Waals surface area contributed by atoms with E-state index in [9.17, 15) is 9.59 Å². The zero-order chi connectivity index (χ0) is 18.4. The Bertz CT molecular complexity index is 732. The number of carbonyl (C=O) groups is 2. The van der Waals surface area contributed by atoms with Crippen molar-refractivity contribution < 1.29 is 24.0 Å². The first-order chi connectivity index (χ1) is 12.7. The van der Waals surface area contributed by atoms with Crippen molar-refractivity contribution in [2.45, 2.75) is 32.0 Å². The van der Waals surface area contributed by atoms with Gasteiger partial charge in [-0.05, 0) is 18.1 Å². The number of ether oxygens (including phenoxy) is 2. The quantitative estimate of drug-likeness (QED) is 0.571. The number of hydrogen-bond donors (Lipinski definition) is 1. The summed E-state index contributed by atoms with van der Waals surface area (Å²) in [6, 6.07) is 18.7. The van der Waals surface area contributed by atoms with Gasteiger partial charge < -0.3 is 14.4 Å². The molecule has 1 aliphatic heterocycles. The second-order valence-electron chi connectivity index (χ2n) is 6.42. The van der Waals surface area contributed by atoms with Gasteiger partial charge >= 0.3 is 11.9 Å². The molecule has 26 heavy (non-hydrogen) atoms. The third kappa shape index (κ3) is 4.70. The molecule has 2 aromatic rings. The summed E-state index contributed by atoms with van der Waals surface area (Å²) in [5.74, 6) is -0.518. The molecule has 0 bridgehead atoms. The Hall–Kier alpha value is -2.66. The van der Waals surface area contributed by atoms with Crippen LogP contribution in [0.5, 0.6) is 0 Å². The van der Waals surface area contributed by atoms with Crippen molar-refractivity contribution in [3.8, 4) is 0 Å². The van der Waals surface area contributed by atoms with Gasteiger partial charge in [-0.25, -0.2) is 9.59 Å². The smallest absolute Gasteiger partial charge is 0.371 e. The van der Waals surface area contributed by atoms with Gasteiger partial charge in [-0.15, -0.1) is 0 Å². The Morgan fingerprint density at radius 2 is 1.62 bits per heavy atom. The van der Waals surface area contributed by atoms with Crippen molar-refractivity contribution in [3.63, 3.8) is 0 Å². The molecule has 1 fully saturated rings. The van der Waals surface area contributed by atoms with Crippen molar-refractivity contribution in [1.29, 1.82) is 0 Å². The Balaban J connectivity index is 1.59. The maximum Gasteiger partial charge on any atom is 0.371 e. The molecule has 136 valence electrons. The van der Waals surface area contributed by atoms with Crippen LogP contribution in [0.25, 0.3) is 0 Å². The lowest BCUT2D eigenvalue weighted by molar-refractivity contribution is -0.789. The molecule has 3 rings (SSSR count). The molecule has 0 spiro atoms. The standard InChI is InChI=1S/C21H23NO4/c1-2-25-20(23)18(13-16-9-5-3-6-10-16)22-14-19(22)21(24)26-15-17-11-7-4-8-12-17/h3-12,18-19H,2,13-15H2,1H3/p+1/t18-,19+,22?/m0/s1. The van der Waals surface area contributed by atoms with E-state index in [1.807, 2.05) is 60.7 Å². The van der Waals surface area contributed by atoms with Crippen molar-refractivity contribution >= 4 is 11.9 Å².